The number of nitrogens with two attached hydrogens (primary N) is 1. The van der Waals surface area contributed by atoms with Gasteiger partial charge in [0.25, 0.3) is 0 Å². The molecule has 0 saturated carbocycles. The van der Waals surface area contributed by atoms with Gasteiger partial charge in [0.1, 0.15) is 5.65 Å². The number of fused-ring (bicyclic) bond motifs is 1. The van der Waals surface area contributed by atoms with Crippen LogP contribution >= 0.6 is 0 Å². The second-order valence-electron chi connectivity index (χ2n) is 6.04. The lowest BCUT2D eigenvalue weighted by molar-refractivity contribution is 0.459. The molecule has 0 aliphatic carbocycles. The summed E-state index contributed by atoms with van der Waals surface area (Å²) >= 11 is 0. The minimum atomic E-state index is 0.668. The van der Waals surface area contributed by atoms with Crippen LogP contribution in [0, 0.1) is 5.92 Å². The minimum Gasteiger partial charge on any atom is -0.355 e. The van der Waals surface area contributed by atoms with Gasteiger partial charge in [-0.2, -0.15) is 0 Å². The van der Waals surface area contributed by atoms with Gasteiger partial charge in [-0.25, -0.2) is 4.98 Å². The fraction of sp³-hybridized carbons (Fsp3) is 0.588. The first-order valence-corrected chi connectivity index (χ1v) is 8.24. The highest BCUT2D eigenvalue weighted by molar-refractivity contribution is 5.56. The molecule has 1 aliphatic heterocycles. The zero-order valence-electron chi connectivity index (χ0n) is 13.0. The topological polar surface area (TPSA) is 46.6 Å². The molecule has 2 N–H and O–H groups in total. The third-order valence-electron chi connectivity index (χ3n) is 4.71. The summed E-state index contributed by atoms with van der Waals surface area (Å²) in [5, 5.41) is 0. The Morgan fingerprint density at radius 1 is 1.29 bits per heavy atom. The molecule has 2 aromatic rings. The van der Waals surface area contributed by atoms with E-state index >= 15 is 0 Å². The zero-order chi connectivity index (χ0) is 14.7. The van der Waals surface area contributed by atoms with Crippen molar-refractivity contribution in [2.24, 2.45) is 11.7 Å². The number of imidazole rings is 1. The van der Waals surface area contributed by atoms with E-state index in [0.29, 0.717) is 6.54 Å². The lowest BCUT2D eigenvalue weighted by Gasteiger charge is -2.21. The predicted octanol–water partition coefficient (Wildman–Crippen LogP) is 2.85. The second-order valence-corrected chi connectivity index (χ2v) is 6.04. The Morgan fingerprint density at radius 2 is 2.19 bits per heavy atom. The van der Waals surface area contributed by atoms with E-state index in [2.05, 4.69) is 34.6 Å². The largest absolute Gasteiger partial charge is 0.355 e. The third-order valence-corrected chi connectivity index (χ3v) is 4.71. The van der Waals surface area contributed by atoms with Crippen molar-refractivity contribution >= 4 is 11.5 Å². The predicted molar refractivity (Wildman–Crippen MR) is 87.8 cm³/mol. The number of pyridine rings is 1. The van der Waals surface area contributed by atoms with E-state index in [-0.39, 0.29) is 0 Å². The van der Waals surface area contributed by atoms with E-state index in [0.717, 1.165) is 36.9 Å². The van der Waals surface area contributed by atoms with Crippen LogP contribution in [-0.2, 0) is 6.42 Å². The van der Waals surface area contributed by atoms with Gasteiger partial charge < -0.3 is 15.0 Å². The number of aromatic nitrogens is 2. The van der Waals surface area contributed by atoms with Gasteiger partial charge in [0, 0.05) is 25.7 Å². The molecule has 3 rings (SSSR count). The second kappa shape index (κ2) is 6.48. The van der Waals surface area contributed by atoms with Gasteiger partial charge in [-0.15, -0.1) is 0 Å². The Labute approximate surface area is 127 Å². The first-order chi connectivity index (χ1) is 10.3. The molecule has 4 nitrogen and oxygen atoms in total. The summed E-state index contributed by atoms with van der Waals surface area (Å²) < 4.78 is 2.20. The van der Waals surface area contributed by atoms with Crippen LogP contribution in [0.4, 0.5) is 5.82 Å². The standard InChI is InChI=1S/C17H26N4/c1-2-14-6-5-11-20(13-9-14)17-15(8-10-18)21-12-4-3-7-16(21)19-17/h3-4,7,12,14H,2,5-6,8-11,13,18H2,1H3. The normalized spacial score (nSPS) is 19.9. The van der Waals surface area contributed by atoms with E-state index in [1.807, 2.05) is 6.07 Å². The van der Waals surface area contributed by atoms with Crippen molar-refractivity contribution < 1.29 is 0 Å². The quantitative estimate of drug-likeness (QED) is 0.940. The molecule has 21 heavy (non-hydrogen) atoms. The molecule has 1 atom stereocenters. The van der Waals surface area contributed by atoms with E-state index in [9.17, 15) is 0 Å². The molecule has 0 radical (unpaired) electrons. The van der Waals surface area contributed by atoms with Crippen LogP contribution in [0.2, 0.25) is 0 Å². The molecule has 1 unspecified atom stereocenters. The summed E-state index contributed by atoms with van der Waals surface area (Å²) in [7, 11) is 0. The van der Waals surface area contributed by atoms with Crippen LogP contribution in [0.15, 0.2) is 24.4 Å². The fourth-order valence-corrected chi connectivity index (χ4v) is 3.44. The average molecular weight is 286 g/mol. The molecule has 3 heterocycles. The summed E-state index contributed by atoms with van der Waals surface area (Å²) in [6, 6.07) is 6.19. The summed E-state index contributed by atoms with van der Waals surface area (Å²) in [5.41, 5.74) is 8.13. The Balaban J connectivity index is 1.93. The molecule has 0 bridgehead atoms. The average Bonchev–Trinajstić information content (AvgIpc) is 2.71. The van der Waals surface area contributed by atoms with Crippen molar-refractivity contribution in [2.75, 3.05) is 24.5 Å². The number of rotatable bonds is 4. The van der Waals surface area contributed by atoms with Gasteiger partial charge in [0.05, 0.1) is 5.69 Å². The Bertz CT molecular complexity index is 589. The maximum Gasteiger partial charge on any atom is 0.151 e. The summed E-state index contributed by atoms with van der Waals surface area (Å²) in [5.74, 6) is 2.04. The van der Waals surface area contributed by atoms with Crippen LogP contribution in [0.1, 0.15) is 38.3 Å². The van der Waals surface area contributed by atoms with Crippen molar-refractivity contribution in [1.29, 1.82) is 0 Å². The van der Waals surface area contributed by atoms with E-state index in [1.165, 1.54) is 31.4 Å². The van der Waals surface area contributed by atoms with Crippen molar-refractivity contribution in [3.63, 3.8) is 0 Å². The van der Waals surface area contributed by atoms with Gasteiger partial charge >= 0.3 is 0 Å². The lowest BCUT2D eigenvalue weighted by atomic mass is 9.98. The molecule has 0 amide bonds. The Morgan fingerprint density at radius 3 is 3.00 bits per heavy atom. The minimum absolute atomic E-state index is 0.668. The first kappa shape index (κ1) is 14.4. The van der Waals surface area contributed by atoms with Crippen LogP contribution in [-0.4, -0.2) is 29.0 Å². The van der Waals surface area contributed by atoms with E-state index in [1.54, 1.807) is 0 Å². The molecule has 114 valence electrons. The van der Waals surface area contributed by atoms with Crippen LogP contribution in [0.25, 0.3) is 5.65 Å². The summed E-state index contributed by atoms with van der Waals surface area (Å²) in [4.78, 5) is 7.36. The third kappa shape index (κ3) is 2.91. The van der Waals surface area contributed by atoms with Gasteiger partial charge in [-0.1, -0.05) is 19.4 Å². The van der Waals surface area contributed by atoms with Crippen molar-refractivity contribution in [3.8, 4) is 0 Å². The van der Waals surface area contributed by atoms with E-state index in [4.69, 9.17) is 10.7 Å². The molecular formula is C17H26N4. The lowest BCUT2D eigenvalue weighted by Crippen LogP contribution is -2.26. The van der Waals surface area contributed by atoms with Gasteiger partial charge in [-0.05, 0) is 43.9 Å². The molecular weight excluding hydrogens is 260 g/mol. The molecule has 1 fully saturated rings. The van der Waals surface area contributed by atoms with Crippen molar-refractivity contribution in [2.45, 2.75) is 39.0 Å². The van der Waals surface area contributed by atoms with Gasteiger partial charge in [-0.3, -0.25) is 0 Å². The smallest absolute Gasteiger partial charge is 0.151 e. The highest BCUT2D eigenvalue weighted by atomic mass is 15.2. The maximum absolute atomic E-state index is 5.82. The molecule has 0 aromatic carbocycles. The first-order valence-electron chi connectivity index (χ1n) is 8.24. The van der Waals surface area contributed by atoms with Crippen LogP contribution in [0.5, 0.6) is 0 Å². The highest BCUT2D eigenvalue weighted by Gasteiger charge is 2.21. The fourth-order valence-electron chi connectivity index (χ4n) is 3.44. The Kier molecular flexibility index (Phi) is 4.44. The molecule has 1 saturated heterocycles. The SMILES string of the molecule is CCC1CCCN(c2nc3ccccn3c2CCN)CC1. The van der Waals surface area contributed by atoms with Crippen LogP contribution < -0.4 is 10.6 Å². The monoisotopic (exact) mass is 286 g/mol. The number of anilines is 1. The summed E-state index contributed by atoms with van der Waals surface area (Å²) in [6.45, 7) is 5.23. The van der Waals surface area contributed by atoms with Crippen molar-refractivity contribution in [3.05, 3.63) is 30.1 Å². The van der Waals surface area contributed by atoms with Gasteiger partial charge in [0.2, 0.25) is 0 Å². The number of hydrogen-bond donors (Lipinski definition) is 1. The summed E-state index contributed by atoms with van der Waals surface area (Å²) in [6.07, 6.45) is 8.19. The highest BCUT2D eigenvalue weighted by Crippen LogP contribution is 2.27. The molecule has 1 aliphatic rings. The molecule has 4 heteroatoms. The zero-order valence-corrected chi connectivity index (χ0v) is 13.0. The van der Waals surface area contributed by atoms with Crippen LogP contribution in [0.3, 0.4) is 0 Å². The number of nitrogens with zero attached hydrogens (tertiary/aromatic N) is 3. The number of hydrogen-bond acceptors (Lipinski definition) is 3. The van der Waals surface area contributed by atoms with E-state index < -0.39 is 0 Å². The molecule has 0 spiro atoms. The van der Waals surface area contributed by atoms with Crippen molar-refractivity contribution in [1.82, 2.24) is 9.38 Å². The maximum atomic E-state index is 5.82. The molecule has 2 aromatic heterocycles. The van der Waals surface area contributed by atoms with Gasteiger partial charge in [0.15, 0.2) is 5.82 Å². The Hall–Kier alpha value is -1.55.